The molecule has 6 nitrogen and oxygen atoms in total. The van der Waals surface area contributed by atoms with Crippen LogP contribution in [0.15, 0.2) is 48.5 Å². The minimum atomic E-state index is -0.356. The second-order valence-electron chi connectivity index (χ2n) is 8.77. The highest BCUT2D eigenvalue weighted by Crippen LogP contribution is 2.29. The van der Waals surface area contributed by atoms with Crippen LogP contribution in [0.1, 0.15) is 56.6 Å². The number of nitrogens with one attached hydrogen (secondary N) is 1. The Balaban J connectivity index is 1.39. The number of rotatable bonds is 9. The summed E-state index contributed by atoms with van der Waals surface area (Å²) in [6, 6.07) is 15.2. The van der Waals surface area contributed by atoms with Crippen LogP contribution in [0.25, 0.3) is 0 Å². The lowest BCUT2D eigenvalue weighted by molar-refractivity contribution is -0.384. The molecule has 6 heteroatoms. The lowest BCUT2D eigenvalue weighted by Crippen LogP contribution is -2.33. The number of unbranched alkanes of at least 4 members (excludes halogenated alkanes) is 1. The number of hydrogen-bond acceptors (Lipinski definition) is 4. The first-order valence-corrected chi connectivity index (χ1v) is 11.3. The van der Waals surface area contributed by atoms with Gasteiger partial charge < -0.3 is 10.2 Å². The Morgan fingerprint density at radius 1 is 1.13 bits per heavy atom. The van der Waals surface area contributed by atoms with Crippen molar-refractivity contribution in [2.24, 2.45) is 5.92 Å². The van der Waals surface area contributed by atoms with E-state index in [1.165, 1.54) is 5.56 Å². The van der Waals surface area contributed by atoms with Gasteiger partial charge >= 0.3 is 0 Å². The second kappa shape index (κ2) is 11.0. The molecule has 3 rings (SSSR count). The summed E-state index contributed by atoms with van der Waals surface area (Å²) in [4.78, 5) is 24.9. The van der Waals surface area contributed by atoms with E-state index in [-0.39, 0.29) is 22.4 Å². The van der Waals surface area contributed by atoms with Gasteiger partial charge in [0, 0.05) is 23.7 Å². The van der Waals surface area contributed by atoms with E-state index >= 15 is 0 Å². The second-order valence-corrected chi connectivity index (χ2v) is 8.77. The molecule has 0 unspecified atom stereocenters. The van der Waals surface area contributed by atoms with E-state index in [1.54, 1.807) is 12.1 Å². The Morgan fingerprint density at radius 2 is 1.84 bits per heavy atom. The van der Waals surface area contributed by atoms with E-state index in [9.17, 15) is 14.9 Å². The van der Waals surface area contributed by atoms with E-state index in [0.717, 1.165) is 63.0 Å². The van der Waals surface area contributed by atoms with Crippen LogP contribution in [0, 0.1) is 16.0 Å². The van der Waals surface area contributed by atoms with Gasteiger partial charge in [-0.3, -0.25) is 14.9 Å². The van der Waals surface area contributed by atoms with Crippen molar-refractivity contribution in [1.82, 2.24) is 4.90 Å². The van der Waals surface area contributed by atoms with Crippen LogP contribution in [-0.2, 0) is 11.2 Å². The summed E-state index contributed by atoms with van der Waals surface area (Å²) in [6.45, 7) is 7.11. The van der Waals surface area contributed by atoms with E-state index in [0.29, 0.717) is 5.92 Å². The predicted octanol–water partition coefficient (Wildman–Crippen LogP) is 5.39. The maximum absolute atomic E-state index is 12.0. The van der Waals surface area contributed by atoms with Gasteiger partial charge in [0.1, 0.15) is 0 Å². The van der Waals surface area contributed by atoms with Gasteiger partial charge in [-0.2, -0.15) is 0 Å². The molecule has 0 aliphatic carbocycles. The molecule has 1 saturated heterocycles. The fourth-order valence-corrected chi connectivity index (χ4v) is 4.10. The van der Waals surface area contributed by atoms with E-state index in [4.69, 9.17) is 0 Å². The van der Waals surface area contributed by atoms with Gasteiger partial charge in [-0.05, 0) is 80.9 Å². The molecule has 166 valence electrons. The van der Waals surface area contributed by atoms with Gasteiger partial charge in [-0.15, -0.1) is 0 Å². The summed E-state index contributed by atoms with van der Waals surface area (Å²) in [7, 11) is 0. The number of hydrogen-bond donors (Lipinski definition) is 1. The molecule has 0 aromatic heterocycles. The van der Waals surface area contributed by atoms with Crippen LogP contribution in [0.5, 0.6) is 0 Å². The first-order chi connectivity index (χ1) is 14.9. The minimum absolute atomic E-state index is 0.0210. The molecule has 1 fully saturated rings. The molecule has 0 bridgehead atoms. The van der Waals surface area contributed by atoms with E-state index in [2.05, 4.69) is 22.3 Å². The molecular formula is C25H33N3O3. The largest absolute Gasteiger partial charge is 0.326 e. The lowest BCUT2D eigenvalue weighted by Gasteiger charge is -2.32. The van der Waals surface area contributed by atoms with Gasteiger partial charge in [0.05, 0.1) is 4.92 Å². The molecule has 1 heterocycles. The van der Waals surface area contributed by atoms with Crippen molar-refractivity contribution in [3.05, 3.63) is 69.8 Å². The SMILES string of the molecule is CC(C)C(=O)Nc1cccc(C2CCN(CCCCc3ccc([N+](=O)[O-])cc3)CC2)c1. The van der Waals surface area contributed by atoms with Crippen LogP contribution in [0.2, 0.25) is 0 Å². The molecule has 1 amide bonds. The third-order valence-corrected chi connectivity index (χ3v) is 6.07. The predicted molar refractivity (Wildman–Crippen MR) is 124 cm³/mol. The minimum Gasteiger partial charge on any atom is -0.326 e. The average molecular weight is 424 g/mol. The monoisotopic (exact) mass is 423 g/mol. The van der Waals surface area contributed by atoms with Crippen molar-refractivity contribution < 1.29 is 9.72 Å². The fourth-order valence-electron chi connectivity index (χ4n) is 4.10. The van der Waals surface area contributed by atoms with Crippen molar-refractivity contribution in [3.8, 4) is 0 Å². The molecule has 31 heavy (non-hydrogen) atoms. The lowest BCUT2D eigenvalue weighted by atomic mass is 9.89. The zero-order valence-corrected chi connectivity index (χ0v) is 18.5. The highest BCUT2D eigenvalue weighted by Gasteiger charge is 2.20. The number of carbonyl (C=O) groups is 1. The Hall–Kier alpha value is -2.73. The molecule has 0 radical (unpaired) electrons. The Bertz CT molecular complexity index is 872. The molecule has 0 spiro atoms. The van der Waals surface area contributed by atoms with Crippen LogP contribution in [0.4, 0.5) is 11.4 Å². The molecular weight excluding hydrogens is 390 g/mol. The summed E-state index contributed by atoms with van der Waals surface area (Å²) in [5.74, 6) is 0.584. The summed E-state index contributed by atoms with van der Waals surface area (Å²) >= 11 is 0. The van der Waals surface area contributed by atoms with Crippen LogP contribution in [0.3, 0.4) is 0 Å². The standard InChI is InChI=1S/C25H33N3O3/c1-19(2)25(29)26-23-8-5-7-22(18-23)21-13-16-27(17-14-21)15-4-3-6-20-9-11-24(12-10-20)28(30)31/h5,7-12,18-19,21H,3-4,6,13-17H2,1-2H3,(H,26,29). The number of nitro groups is 1. The first-order valence-electron chi connectivity index (χ1n) is 11.3. The van der Waals surface area contributed by atoms with Crippen molar-refractivity contribution >= 4 is 17.3 Å². The summed E-state index contributed by atoms with van der Waals surface area (Å²) < 4.78 is 0. The Labute approximate surface area is 184 Å². The molecule has 1 aliphatic heterocycles. The quantitative estimate of drug-likeness (QED) is 0.333. The van der Waals surface area contributed by atoms with Crippen molar-refractivity contribution in [2.75, 3.05) is 25.0 Å². The number of benzene rings is 2. The maximum atomic E-state index is 12.0. The first kappa shape index (κ1) is 22.9. The number of amides is 1. The third-order valence-electron chi connectivity index (χ3n) is 6.07. The maximum Gasteiger partial charge on any atom is 0.269 e. The smallest absolute Gasteiger partial charge is 0.269 e. The molecule has 1 aliphatic rings. The number of likely N-dealkylation sites (tertiary alicyclic amines) is 1. The molecule has 2 aromatic carbocycles. The van der Waals surface area contributed by atoms with Crippen LogP contribution in [-0.4, -0.2) is 35.4 Å². The highest BCUT2D eigenvalue weighted by molar-refractivity contribution is 5.92. The number of nitrogens with zero attached hydrogens (tertiary/aromatic N) is 2. The average Bonchev–Trinajstić information content (AvgIpc) is 2.77. The van der Waals surface area contributed by atoms with Crippen LogP contribution < -0.4 is 5.32 Å². The van der Waals surface area contributed by atoms with Gasteiger partial charge in [0.25, 0.3) is 5.69 Å². The Morgan fingerprint density at radius 3 is 2.48 bits per heavy atom. The molecule has 0 saturated carbocycles. The Kier molecular flexibility index (Phi) is 8.18. The molecule has 2 aromatic rings. The number of piperidine rings is 1. The summed E-state index contributed by atoms with van der Waals surface area (Å²) in [6.07, 6.45) is 5.48. The number of nitro benzene ring substituents is 1. The normalized spacial score (nSPS) is 15.2. The summed E-state index contributed by atoms with van der Waals surface area (Å²) in [5.41, 5.74) is 3.53. The zero-order chi connectivity index (χ0) is 22.2. The van der Waals surface area contributed by atoms with E-state index < -0.39 is 0 Å². The topological polar surface area (TPSA) is 75.5 Å². The van der Waals surface area contributed by atoms with E-state index in [1.807, 2.05) is 38.1 Å². The van der Waals surface area contributed by atoms with Gasteiger partial charge in [-0.1, -0.05) is 38.1 Å². The van der Waals surface area contributed by atoms with Crippen molar-refractivity contribution in [3.63, 3.8) is 0 Å². The number of aryl methyl sites for hydroxylation is 1. The third kappa shape index (κ3) is 6.89. The van der Waals surface area contributed by atoms with Crippen LogP contribution >= 0.6 is 0 Å². The number of anilines is 1. The zero-order valence-electron chi connectivity index (χ0n) is 18.5. The molecule has 1 N–H and O–H groups in total. The fraction of sp³-hybridized carbons (Fsp3) is 0.480. The van der Waals surface area contributed by atoms with Gasteiger partial charge in [-0.25, -0.2) is 0 Å². The number of non-ortho nitro benzene ring substituents is 1. The highest BCUT2D eigenvalue weighted by atomic mass is 16.6. The number of carbonyl (C=O) groups excluding carboxylic acids is 1. The van der Waals surface area contributed by atoms with Crippen molar-refractivity contribution in [1.29, 1.82) is 0 Å². The van der Waals surface area contributed by atoms with Crippen molar-refractivity contribution in [2.45, 2.75) is 51.9 Å². The van der Waals surface area contributed by atoms with Gasteiger partial charge in [0.15, 0.2) is 0 Å². The molecule has 0 atom stereocenters. The summed E-state index contributed by atoms with van der Waals surface area (Å²) in [5, 5.41) is 13.7. The van der Waals surface area contributed by atoms with Gasteiger partial charge in [0.2, 0.25) is 5.91 Å².